The predicted molar refractivity (Wildman–Crippen MR) is 100 cm³/mol. The van der Waals surface area contributed by atoms with E-state index in [2.05, 4.69) is 20.9 Å². The third kappa shape index (κ3) is 4.79. The van der Waals surface area contributed by atoms with Crippen LogP contribution in [0.5, 0.6) is 0 Å². The topological polar surface area (TPSA) is 117 Å². The summed E-state index contributed by atoms with van der Waals surface area (Å²) >= 11 is 1.33. The van der Waals surface area contributed by atoms with Crippen LogP contribution in [-0.4, -0.2) is 42.9 Å². The van der Waals surface area contributed by atoms with Crippen molar-refractivity contribution in [2.45, 2.75) is 19.4 Å². The number of aryl methyl sites for hydroxylation is 1. The van der Waals surface area contributed by atoms with Crippen LogP contribution in [-0.2, 0) is 9.84 Å². The molecule has 1 aromatic heterocycles. The zero-order chi connectivity index (χ0) is 18.7. The largest absolute Gasteiger partial charge is 0.334 e. The fraction of sp³-hybridized carbons (Fsp3) is 0.312. The molecular formula is C16H18N4O4S2. The van der Waals surface area contributed by atoms with Crippen molar-refractivity contribution in [2.75, 3.05) is 22.1 Å². The summed E-state index contributed by atoms with van der Waals surface area (Å²) in [6, 6.07) is 5.58. The average Bonchev–Trinajstić information content (AvgIpc) is 3.12. The van der Waals surface area contributed by atoms with E-state index in [0.717, 1.165) is 5.69 Å². The first-order valence-corrected chi connectivity index (χ1v) is 10.6. The number of carbonyl (C=O) groups excluding carboxylic acids is 2. The summed E-state index contributed by atoms with van der Waals surface area (Å²) in [6.07, 6.45) is 0.408. The lowest BCUT2D eigenvalue weighted by Crippen LogP contribution is -2.38. The van der Waals surface area contributed by atoms with E-state index < -0.39 is 15.9 Å². The summed E-state index contributed by atoms with van der Waals surface area (Å²) in [4.78, 5) is 28.5. The number of benzene rings is 1. The standard InChI is InChI=1S/C16H18N4O4S2/c1-10-8-25-16(17-10)20-14(21)11-3-2-4-12(7-11)18-15(22)19-13-5-6-26(23,24)9-13/h2-4,7-8,13H,5-6,9H2,1H3,(H,17,20,21)(H2,18,19,22)/t13-/m0/s1. The summed E-state index contributed by atoms with van der Waals surface area (Å²) in [5.41, 5.74) is 1.64. The molecular weight excluding hydrogens is 376 g/mol. The lowest BCUT2D eigenvalue weighted by Gasteiger charge is -2.12. The molecule has 0 aliphatic carbocycles. The van der Waals surface area contributed by atoms with Gasteiger partial charge in [0.15, 0.2) is 15.0 Å². The zero-order valence-electron chi connectivity index (χ0n) is 14.0. The monoisotopic (exact) mass is 394 g/mol. The maximum absolute atomic E-state index is 12.3. The number of nitrogens with one attached hydrogen (secondary N) is 3. The van der Waals surface area contributed by atoms with Gasteiger partial charge in [0, 0.05) is 22.7 Å². The summed E-state index contributed by atoms with van der Waals surface area (Å²) in [5.74, 6) is -0.287. The Morgan fingerprint density at radius 1 is 1.27 bits per heavy atom. The van der Waals surface area contributed by atoms with Gasteiger partial charge in [0.1, 0.15) is 0 Å². The molecule has 26 heavy (non-hydrogen) atoms. The molecule has 1 atom stereocenters. The molecule has 3 amide bonds. The van der Waals surface area contributed by atoms with Crippen LogP contribution in [0.25, 0.3) is 0 Å². The normalized spacial score (nSPS) is 18.3. The van der Waals surface area contributed by atoms with E-state index in [-0.39, 0.29) is 23.5 Å². The number of amides is 3. The van der Waals surface area contributed by atoms with Crippen LogP contribution in [0.15, 0.2) is 29.6 Å². The molecule has 2 heterocycles. The lowest BCUT2D eigenvalue weighted by molar-refractivity contribution is 0.102. The molecule has 1 aliphatic heterocycles. The number of hydrogen-bond donors (Lipinski definition) is 3. The highest BCUT2D eigenvalue weighted by Gasteiger charge is 2.28. The van der Waals surface area contributed by atoms with E-state index >= 15 is 0 Å². The predicted octanol–water partition coefficient (Wildman–Crippen LogP) is 2.01. The third-order valence-corrected chi connectivity index (χ3v) is 6.43. The van der Waals surface area contributed by atoms with Gasteiger partial charge in [0.05, 0.1) is 17.2 Å². The molecule has 0 spiro atoms. The van der Waals surface area contributed by atoms with Gasteiger partial charge in [0.25, 0.3) is 5.91 Å². The highest BCUT2D eigenvalue weighted by molar-refractivity contribution is 7.91. The van der Waals surface area contributed by atoms with Crippen molar-refractivity contribution in [3.05, 3.63) is 40.9 Å². The number of carbonyl (C=O) groups is 2. The Morgan fingerprint density at radius 2 is 2.08 bits per heavy atom. The minimum absolute atomic E-state index is 0.0455. The van der Waals surface area contributed by atoms with Crippen molar-refractivity contribution in [1.82, 2.24) is 10.3 Å². The number of anilines is 2. The molecule has 10 heteroatoms. The number of nitrogens with zero attached hydrogens (tertiary/aromatic N) is 1. The minimum atomic E-state index is -3.06. The molecule has 3 rings (SSSR count). The van der Waals surface area contributed by atoms with Crippen LogP contribution in [0, 0.1) is 6.92 Å². The maximum atomic E-state index is 12.3. The number of rotatable bonds is 4. The van der Waals surface area contributed by atoms with Gasteiger partial charge in [-0.3, -0.25) is 10.1 Å². The van der Waals surface area contributed by atoms with Crippen molar-refractivity contribution in [1.29, 1.82) is 0 Å². The second-order valence-corrected chi connectivity index (χ2v) is 9.11. The first-order valence-electron chi connectivity index (χ1n) is 7.92. The van der Waals surface area contributed by atoms with Crippen molar-refractivity contribution >= 4 is 43.9 Å². The molecule has 138 valence electrons. The van der Waals surface area contributed by atoms with Crippen LogP contribution in [0.2, 0.25) is 0 Å². The van der Waals surface area contributed by atoms with Crippen molar-refractivity contribution in [2.24, 2.45) is 0 Å². The Hall–Kier alpha value is -2.46. The number of aromatic nitrogens is 1. The fourth-order valence-electron chi connectivity index (χ4n) is 2.58. The number of thiazole rings is 1. The molecule has 1 aromatic carbocycles. The smallest absolute Gasteiger partial charge is 0.319 e. The molecule has 0 radical (unpaired) electrons. The second kappa shape index (κ2) is 7.42. The SMILES string of the molecule is Cc1csc(NC(=O)c2cccc(NC(=O)N[C@H]3CCS(=O)(=O)C3)c2)n1. The summed E-state index contributed by atoms with van der Waals surface area (Å²) in [5, 5.41) is 10.3. The van der Waals surface area contributed by atoms with Crippen molar-refractivity contribution in [3.8, 4) is 0 Å². The van der Waals surface area contributed by atoms with Gasteiger partial charge in [-0.05, 0) is 31.5 Å². The Labute approximate surface area is 154 Å². The summed E-state index contributed by atoms with van der Waals surface area (Å²) in [7, 11) is -3.06. The first-order chi connectivity index (χ1) is 12.3. The molecule has 1 fully saturated rings. The molecule has 0 bridgehead atoms. The van der Waals surface area contributed by atoms with Gasteiger partial charge in [-0.1, -0.05) is 6.07 Å². The van der Waals surface area contributed by atoms with E-state index in [9.17, 15) is 18.0 Å². The van der Waals surface area contributed by atoms with Crippen LogP contribution in [0.1, 0.15) is 22.5 Å². The highest BCUT2D eigenvalue weighted by Crippen LogP contribution is 2.17. The average molecular weight is 394 g/mol. The van der Waals surface area contributed by atoms with Gasteiger partial charge in [-0.25, -0.2) is 18.2 Å². The van der Waals surface area contributed by atoms with E-state index in [1.807, 2.05) is 12.3 Å². The zero-order valence-corrected chi connectivity index (χ0v) is 15.6. The number of sulfone groups is 1. The molecule has 0 saturated carbocycles. The quantitative estimate of drug-likeness (QED) is 0.733. The fourth-order valence-corrected chi connectivity index (χ4v) is 4.94. The van der Waals surface area contributed by atoms with E-state index in [1.54, 1.807) is 24.3 Å². The maximum Gasteiger partial charge on any atom is 0.319 e. The van der Waals surface area contributed by atoms with Crippen LogP contribution in [0.4, 0.5) is 15.6 Å². The van der Waals surface area contributed by atoms with Gasteiger partial charge in [-0.15, -0.1) is 11.3 Å². The number of hydrogen-bond acceptors (Lipinski definition) is 6. The molecule has 3 N–H and O–H groups in total. The Bertz CT molecular complexity index is 939. The van der Waals surface area contributed by atoms with Gasteiger partial charge in [0.2, 0.25) is 0 Å². The van der Waals surface area contributed by atoms with E-state index in [4.69, 9.17) is 0 Å². The first kappa shape index (κ1) is 18.3. The van der Waals surface area contributed by atoms with Gasteiger partial charge < -0.3 is 10.6 Å². The number of urea groups is 1. The van der Waals surface area contributed by atoms with Crippen LogP contribution >= 0.6 is 11.3 Å². The second-order valence-electron chi connectivity index (χ2n) is 6.03. The molecule has 0 unspecified atom stereocenters. The lowest BCUT2D eigenvalue weighted by atomic mass is 10.2. The third-order valence-electron chi connectivity index (χ3n) is 3.79. The van der Waals surface area contributed by atoms with Gasteiger partial charge >= 0.3 is 6.03 Å². The highest BCUT2D eigenvalue weighted by atomic mass is 32.2. The van der Waals surface area contributed by atoms with Gasteiger partial charge in [-0.2, -0.15) is 0 Å². The Kier molecular flexibility index (Phi) is 5.23. The summed E-state index contributed by atoms with van der Waals surface area (Å²) < 4.78 is 22.9. The summed E-state index contributed by atoms with van der Waals surface area (Å²) in [6.45, 7) is 1.84. The molecule has 8 nitrogen and oxygen atoms in total. The van der Waals surface area contributed by atoms with E-state index in [0.29, 0.717) is 22.8 Å². The molecule has 1 saturated heterocycles. The van der Waals surface area contributed by atoms with Crippen molar-refractivity contribution in [3.63, 3.8) is 0 Å². The van der Waals surface area contributed by atoms with Crippen molar-refractivity contribution < 1.29 is 18.0 Å². The van der Waals surface area contributed by atoms with Crippen LogP contribution in [0.3, 0.4) is 0 Å². The van der Waals surface area contributed by atoms with E-state index in [1.165, 1.54) is 11.3 Å². The molecule has 2 aromatic rings. The molecule has 1 aliphatic rings. The minimum Gasteiger partial charge on any atom is -0.334 e. The Balaban J connectivity index is 1.60. The van der Waals surface area contributed by atoms with Crippen LogP contribution < -0.4 is 16.0 Å². The Morgan fingerprint density at radius 3 is 2.73 bits per heavy atom.